The first-order valence-corrected chi connectivity index (χ1v) is 7.96. The lowest BCUT2D eigenvalue weighted by atomic mass is 10.1. The molecular weight excluding hydrogens is 274 g/mol. The van der Waals surface area contributed by atoms with Crippen LogP contribution in [0.4, 0.5) is 0 Å². The minimum absolute atomic E-state index is 0.102. The van der Waals surface area contributed by atoms with Crippen LogP contribution in [0.5, 0.6) is 0 Å². The first-order chi connectivity index (χ1) is 9.83. The van der Waals surface area contributed by atoms with Crippen LogP contribution in [0, 0.1) is 0 Å². The third-order valence-electron chi connectivity index (χ3n) is 4.12. The molecule has 0 saturated carbocycles. The maximum Gasteiger partial charge on any atom is 0.262 e. The van der Waals surface area contributed by atoms with Crippen molar-refractivity contribution < 1.29 is 4.74 Å². The van der Waals surface area contributed by atoms with E-state index in [4.69, 9.17) is 4.74 Å². The molecule has 2 aromatic heterocycles. The summed E-state index contributed by atoms with van der Waals surface area (Å²) in [6.07, 6.45) is 4.91. The highest BCUT2D eigenvalue weighted by atomic mass is 32.1. The molecule has 106 valence electrons. The van der Waals surface area contributed by atoms with Gasteiger partial charge >= 0.3 is 0 Å². The minimum atomic E-state index is 0.102. The van der Waals surface area contributed by atoms with Crippen molar-refractivity contribution in [1.29, 1.82) is 0 Å². The van der Waals surface area contributed by atoms with Crippen molar-refractivity contribution in [2.24, 2.45) is 0 Å². The number of hydrogen-bond donors (Lipinski definition) is 1. The van der Waals surface area contributed by atoms with Gasteiger partial charge in [-0.1, -0.05) is 0 Å². The van der Waals surface area contributed by atoms with Crippen LogP contribution in [-0.4, -0.2) is 28.8 Å². The Morgan fingerprint density at radius 2 is 2.50 bits per heavy atom. The van der Waals surface area contributed by atoms with Crippen molar-refractivity contribution in [3.05, 3.63) is 27.1 Å². The van der Waals surface area contributed by atoms with E-state index in [0.29, 0.717) is 6.54 Å². The molecule has 1 N–H and O–H groups in total. The molecule has 20 heavy (non-hydrogen) atoms. The molecule has 2 aliphatic rings. The van der Waals surface area contributed by atoms with E-state index in [1.54, 1.807) is 22.2 Å². The molecule has 1 unspecified atom stereocenters. The van der Waals surface area contributed by atoms with Crippen molar-refractivity contribution >= 4 is 21.6 Å². The van der Waals surface area contributed by atoms with Crippen LogP contribution in [0.1, 0.15) is 23.3 Å². The van der Waals surface area contributed by atoms with Gasteiger partial charge in [-0.3, -0.25) is 9.36 Å². The van der Waals surface area contributed by atoms with E-state index < -0.39 is 0 Å². The predicted octanol–water partition coefficient (Wildman–Crippen LogP) is 1.28. The number of aromatic nitrogens is 2. The summed E-state index contributed by atoms with van der Waals surface area (Å²) in [7, 11) is 0. The lowest BCUT2D eigenvalue weighted by molar-refractivity contribution is 0.0960. The quantitative estimate of drug-likeness (QED) is 0.905. The molecule has 1 atom stereocenters. The molecule has 1 fully saturated rings. The van der Waals surface area contributed by atoms with Crippen molar-refractivity contribution in [1.82, 2.24) is 14.9 Å². The molecule has 0 aromatic carbocycles. The van der Waals surface area contributed by atoms with Gasteiger partial charge in [0, 0.05) is 18.0 Å². The third-order valence-corrected chi connectivity index (χ3v) is 5.26. The highest BCUT2D eigenvalue weighted by molar-refractivity contribution is 7.18. The molecule has 0 spiro atoms. The van der Waals surface area contributed by atoms with Gasteiger partial charge in [-0.15, -0.1) is 11.3 Å². The van der Waals surface area contributed by atoms with Crippen LogP contribution in [0.25, 0.3) is 10.2 Å². The molecule has 6 heteroatoms. The fourth-order valence-corrected chi connectivity index (χ4v) is 4.24. The number of nitrogens with one attached hydrogen (secondary N) is 1. The Labute approximate surface area is 120 Å². The van der Waals surface area contributed by atoms with Crippen LogP contribution >= 0.6 is 11.3 Å². The predicted molar refractivity (Wildman–Crippen MR) is 78.3 cm³/mol. The van der Waals surface area contributed by atoms with Crippen molar-refractivity contribution in [2.75, 3.05) is 13.2 Å². The zero-order valence-corrected chi connectivity index (χ0v) is 12.0. The second-order valence-electron chi connectivity index (χ2n) is 5.45. The highest BCUT2D eigenvalue weighted by Gasteiger charge is 2.21. The summed E-state index contributed by atoms with van der Waals surface area (Å²) in [6, 6.07) is 0. The number of thiophene rings is 1. The first-order valence-electron chi connectivity index (χ1n) is 7.15. The van der Waals surface area contributed by atoms with Crippen molar-refractivity contribution in [3.63, 3.8) is 0 Å². The van der Waals surface area contributed by atoms with Crippen LogP contribution in [0.3, 0.4) is 0 Å². The second-order valence-corrected chi connectivity index (χ2v) is 6.53. The first kappa shape index (κ1) is 12.5. The zero-order chi connectivity index (χ0) is 13.5. The normalized spacial score (nSPS) is 22.3. The Kier molecular flexibility index (Phi) is 3.09. The lowest BCUT2D eigenvalue weighted by Gasteiger charge is -2.13. The third kappa shape index (κ3) is 1.99. The maximum atomic E-state index is 12.7. The monoisotopic (exact) mass is 291 g/mol. The molecule has 4 rings (SSSR count). The Morgan fingerprint density at radius 1 is 1.55 bits per heavy atom. The Balaban J connectivity index is 1.79. The summed E-state index contributed by atoms with van der Waals surface area (Å²) in [5.41, 5.74) is 1.31. The fourth-order valence-electron chi connectivity index (χ4n) is 3.09. The van der Waals surface area contributed by atoms with Gasteiger partial charge in [0.1, 0.15) is 4.83 Å². The molecule has 2 aromatic rings. The molecule has 5 nitrogen and oxygen atoms in total. The van der Waals surface area contributed by atoms with E-state index in [9.17, 15) is 4.79 Å². The molecule has 4 heterocycles. The van der Waals surface area contributed by atoms with E-state index >= 15 is 0 Å². The van der Waals surface area contributed by atoms with E-state index in [0.717, 1.165) is 49.2 Å². The number of hydrogen-bond acceptors (Lipinski definition) is 5. The summed E-state index contributed by atoms with van der Waals surface area (Å²) in [5.74, 6) is 0. The van der Waals surface area contributed by atoms with Crippen LogP contribution in [0.15, 0.2) is 11.1 Å². The average molecular weight is 291 g/mol. The Morgan fingerprint density at radius 3 is 3.35 bits per heavy atom. The Hall–Kier alpha value is -1.24. The average Bonchev–Trinajstić information content (AvgIpc) is 3.09. The van der Waals surface area contributed by atoms with Gasteiger partial charge in [0.15, 0.2) is 0 Å². The largest absolute Gasteiger partial charge is 0.376 e. The Bertz CT molecular complexity index is 700. The fraction of sp³-hybridized carbons (Fsp3) is 0.571. The van der Waals surface area contributed by atoms with E-state index in [-0.39, 0.29) is 11.7 Å². The topological polar surface area (TPSA) is 56.2 Å². The van der Waals surface area contributed by atoms with Gasteiger partial charge in [0.2, 0.25) is 0 Å². The molecule has 2 aliphatic heterocycles. The van der Waals surface area contributed by atoms with Gasteiger partial charge in [0.05, 0.1) is 24.4 Å². The summed E-state index contributed by atoms with van der Waals surface area (Å²) in [5, 5.41) is 4.19. The SMILES string of the molecule is O=c1c2c3c(sc2ncn1CC1CCCO1)CNCC3. The maximum absolute atomic E-state index is 12.7. The van der Waals surface area contributed by atoms with Gasteiger partial charge in [-0.05, 0) is 31.4 Å². The molecular formula is C14H17N3O2S. The summed E-state index contributed by atoms with van der Waals surface area (Å²) < 4.78 is 7.35. The number of fused-ring (bicyclic) bond motifs is 3. The molecule has 0 amide bonds. The highest BCUT2D eigenvalue weighted by Crippen LogP contribution is 2.29. The summed E-state index contributed by atoms with van der Waals surface area (Å²) in [4.78, 5) is 19.3. The van der Waals surface area contributed by atoms with Crippen molar-refractivity contribution in [2.45, 2.75) is 38.5 Å². The zero-order valence-electron chi connectivity index (χ0n) is 11.2. The van der Waals surface area contributed by atoms with Gasteiger partial charge in [-0.25, -0.2) is 4.98 Å². The van der Waals surface area contributed by atoms with E-state index in [1.165, 1.54) is 10.4 Å². The van der Waals surface area contributed by atoms with Gasteiger partial charge < -0.3 is 10.1 Å². The number of nitrogens with zero attached hydrogens (tertiary/aromatic N) is 2. The number of ether oxygens (including phenoxy) is 1. The van der Waals surface area contributed by atoms with Crippen molar-refractivity contribution in [3.8, 4) is 0 Å². The molecule has 1 saturated heterocycles. The van der Waals surface area contributed by atoms with Crippen LogP contribution in [-0.2, 0) is 24.2 Å². The van der Waals surface area contributed by atoms with E-state index in [2.05, 4.69) is 10.3 Å². The van der Waals surface area contributed by atoms with Gasteiger partial charge in [0.25, 0.3) is 5.56 Å². The van der Waals surface area contributed by atoms with Gasteiger partial charge in [-0.2, -0.15) is 0 Å². The van der Waals surface area contributed by atoms with E-state index in [1.807, 2.05) is 0 Å². The summed E-state index contributed by atoms with van der Waals surface area (Å²) in [6.45, 7) is 3.25. The second kappa shape index (κ2) is 4.95. The lowest BCUT2D eigenvalue weighted by Crippen LogP contribution is -2.28. The molecule has 0 radical (unpaired) electrons. The standard InChI is InChI=1S/C14H17N3O2S/c18-14-12-10-3-4-15-6-11(10)20-13(12)16-8-17(14)7-9-2-1-5-19-9/h8-9,15H,1-7H2. The molecule has 0 aliphatic carbocycles. The summed E-state index contributed by atoms with van der Waals surface area (Å²) >= 11 is 1.65. The molecule has 0 bridgehead atoms. The van der Waals surface area contributed by atoms with Crippen LogP contribution in [0.2, 0.25) is 0 Å². The number of rotatable bonds is 2. The minimum Gasteiger partial charge on any atom is -0.376 e. The smallest absolute Gasteiger partial charge is 0.262 e. The van der Waals surface area contributed by atoms with Crippen LogP contribution < -0.4 is 10.9 Å².